The van der Waals surface area contributed by atoms with Gasteiger partial charge in [-0.3, -0.25) is 4.90 Å². The second kappa shape index (κ2) is 6.80. The molecule has 0 radical (unpaired) electrons. The van der Waals surface area contributed by atoms with Gasteiger partial charge in [0.05, 0.1) is 7.11 Å². The molecular formula is C18H30N2O. The standard InChI is InChI=1S/C18H30N2O/c1-5-18(6-2)9-10-20(13-18)12-16-11-15(14(3)19)7-8-17(16)21-4/h7-8,11,14H,5-6,9-10,12-13,19H2,1-4H3. The molecule has 1 saturated heterocycles. The minimum atomic E-state index is 0.0682. The van der Waals surface area contributed by atoms with Crippen LogP contribution in [-0.4, -0.2) is 25.1 Å². The Morgan fingerprint density at radius 3 is 2.57 bits per heavy atom. The van der Waals surface area contributed by atoms with E-state index in [-0.39, 0.29) is 6.04 Å². The van der Waals surface area contributed by atoms with Crippen molar-refractivity contribution in [3.8, 4) is 5.75 Å². The molecule has 1 fully saturated rings. The first-order chi connectivity index (χ1) is 10.0. The summed E-state index contributed by atoms with van der Waals surface area (Å²) in [7, 11) is 1.75. The lowest BCUT2D eigenvalue weighted by Crippen LogP contribution is -2.26. The maximum Gasteiger partial charge on any atom is 0.123 e. The van der Waals surface area contributed by atoms with E-state index in [2.05, 4.69) is 36.9 Å². The molecule has 0 aromatic heterocycles. The Labute approximate surface area is 129 Å². The lowest BCUT2D eigenvalue weighted by Gasteiger charge is -2.27. The fourth-order valence-corrected chi connectivity index (χ4v) is 3.44. The molecule has 1 heterocycles. The van der Waals surface area contributed by atoms with Crippen LogP contribution in [0.15, 0.2) is 18.2 Å². The number of likely N-dealkylation sites (tertiary alicyclic amines) is 1. The van der Waals surface area contributed by atoms with Crippen LogP contribution in [0.25, 0.3) is 0 Å². The Morgan fingerprint density at radius 2 is 2.05 bits per heavy atom. The van der Waals surface area contributed by atoms with Crippen molar-refractivity contribution in [3.63, 3.8) is 0 Å². The number of nitrogens with two attached hydrogens (primary N) is 1. The Morgan fingerprint density at radius 1 is 1.33 bits per heavy atom. The lowest BCUT2D eigenvalue weighted by atomic mass is 9.82. The zero-order valence-electron chi connectivity index (χ0n) is 14.0. The number of methoxy groups -OCH3 is 1. The number of benzene rings is 1. The second-order valence-electron chi connectivity index (χ2n) is 6.53. The highest BCUT2D eigenvalue weighted by Crippen LogP contribution is 2.38. The number of hydrogen-bond donors (Lipinski definition) is 1. The molecule has 21 heavy (non-hydrogen) atoms. The van der Waals surface area contributed by atoms with Gasteiger partial charge in [0.15, 0.2) is 0 Å². The maximum atomic E-state index is 6.01. The van der Waals surface area contributed by atoms with Gasteiger partial charge >= 0.3 is 0 Å². The second-order valence-corrected chi connectivity index (χ2v) is 6.53. The summed E-state index contributed by atoms with van der Waals surface area (Å²) in [5, 5.41) is 0. The first kappa shape index (κ1) is 16.3. The minimum Gasteiger partial charge on any atom is -0.496 e. The first-order valence-corrected chi connectivity index (χ1v) is 8.18. The lowest BCUT2D eigenvalue weighted by molar-refractivity contribution is 0.234. The average molecular weight is 290 g/mol. The zero-order valence-corrected chi connectivity index (χ0v) is 14.0. The van der Waals surface area contributed by atoms with Crippen molar-refractivity contribution in [3.05, 3.63) is 29.3 Å². The molecular weight excluding hydrogens is 260 g/mol. The van der Waals surface area contributed by atoms with E-state index in [4.69, 9.17) is 10.5 Å². The Bertz CT molecular complexity index is 466. The van der Waals surface area contributed by atoms with Crippen LogP contribution in [0.3, 0.4) is 0 Å². The summed E-state index contributed by atoms with van der Waals surface area (Å²) in [5.74, 6) is 0.977. The van der Waals surface area contributed by atoms with Gasteiger partial charge in [-0.1, -0.05) is 19.9 Å². The van der Waals surface area contributed by atoms with Crippen molar-refractivity contribution >= 4 is 0 Å². The van der Waals surface area contributed by atoms with Crippen LogP contribution in [0.1, 0.15) is 57.2 Å². The van der Waals surface area contributed by atoms with Gasteiger partial charge in [0.25, 0.3) is 0 Å². The third-order valence-corrected chi connectivity index (χ3v) is 5.24. The largest absolute Gasteiger partial charge is 0.496 e. The SMILES string of the molecule is CCC1(CC)CCN(Cc2cc(C(C)N)ccc2OC)C1. The van der Waals surface area contributed by atoms with E-state index in [0.29, 0.717) is 5.41 Å². The first-order valence-electron chi connectivity index (χ1n) is 8.18. The molecule has 2 N–H and O–H groups in total. The normalized spacial score (nSPS) is 19.7. The Hall–Kier alpha value is -1.06. The third-order valence-electron chi connectivity index (χ3n) is 5.24. The molecule has 0 spiro atoms. The molecule has 2 rings (SSSR count). The van der Waals surface area contributed by atoms with Crippen molar-refractivity contribution in [1.82, 2.24) is 4.90 Å². The highest BCUT2D eigenvalue weighted by atomic mass is 16.5. The third kappa shape index (κ3) is 3.58. The van der Waals surface area contributed by atoms with Gasteiger partial charge < -0.3 is 10.5 Å². The molecule has 0 aliphatic carbocycles. The molecule has 1 aliphatic heterocycles. The van der Waals surface area contributed by atoms with Crippen LogP contribution in [0.5, 0.6) is 5.75 Å². The van der Waals surface area contributed by atoms with Crippen molar-refractivity contribution in [2.45, 2.75) is 52.6 Å². The van der Waals surface area contributed by atoms with Gasteiger partial charge in [-0.05, 0) is 55.8 Å². The molecule has 1 aromatic rings. The summed E-state index contributed by atoms with van der Waals surface area (Å²) in [6, 6.07) is 6.40. The van der Waals surface area contributed by atoms with E-state index in [0.717, 1.165) is 12.3 Å². The van der Waals surface area contributed by atoms with Gasteiger partial charge in [0.1, 0.15) is 5.75 Å². The van der Waals surface area contributed by atoms with E-state index >= 15 is 0 Å². The number of nitrogens with zero attached hydrogens (tertiary/aromatic N) is 1. The monoisotopic (exact) mass is 290 g/mol. The van der Waals surface area contributed by atoms with Crippen LogP contribution >= 0.6 is 0 Å². The molecule has 118 valence electrons. The van der Waals surface area contributed by atoms with Crippen LogP contribution in [0.4, 0.5) is 0 Å². The molecule has 1 aromatic carbocycles. The summed E-state index contributed by atoms with van der Waals surface area (Å²) < 4.78 is 5.53. The fourth-order valence-electron chi connectivity index (χ4n) is 3.44. The van der Waals surface area contributed by atoms with Crippen LogP contribution in [-0.2, 0) is 6.54 Å². The molecule has 0 saturated carbocycles. The minimum absolute atomic E-state index is 0.0682. The van der Waals surface area contributed by atoms with E-state index in [9.17, 15) is 0 Å². The fraction of sp³-hybridized carbons (Fsp3) is 0.667. The number of rotatable bonds is 6. The van der Waals surface area contributed by atoms with E-state index in [1.54, 1.807) is 7.11 Å². The average Bonchev–Trinajstić information content (AvgIpc) is 2.91. The van der Waals surface area contributed by atoms with Crippen molar-refractivity contribution in [2.75, 3.05) is 20.2 Å². The Kier molecular flexibility index (Phi) is 5.28. The predicted octanol–water partition coefficient (Wildman–Crippen LogP) is 3.73. The van der Waals surface area contributed by atoms with Crippen molar-refractivity contribution in [2.24, 2.45) is 11.1 Å². The molecule has 3 nitrogen and oxygen atoms in total. The van der Waals surface area contributed by atoms with Gasteiger partial charge in [-0.25, -0.2) is 0 Å². The summed E-state index contributed by atoms with van der Waals surface area (Å²) in [6.45, 7) is 10.0. The summed E-state index contributed by atoms with van der Waals surface area (Å²) in [6.07, 6.45) is 3.86. The summed E-state index contributed by atoms with van der Waals surface area (Å²) in [5.41, 5.74) is 8.98. The summed E-state index contributed by atoms with van der Waals surface area (Å²) in [4.78, 5) is 2.57. The molecule has 3 heteroatoms. The van der Waals surface area contributed by atoms with Crippen LogP contribution < -0.4 is 10.5 Å². The molecule has 1 atom stereocenters. The van der Waals surface area contributed by atoms with Crippen molar-refractivity contribution in [1.29, 1.82) is 0 Å². The van der Waals surface area contributed by atoms with E-state index < -0.39 is 0 Å². The van der Waals surface area contributed by atoms with Crippen molar-refractivity contribution < 1.29 is 4.74 Å². The van der Waals surface area contributed by atoms with E-state index in [1.165, 1.54) is 43.5 Å². The smallest absolute Gasteiger partial charge is 0.123 e. The maximum absolute atomic E-state index is 6.01. The highest BCUT2D eigenvalue weighted by Gasteiger charge is 2.34. The summed E-state index contributed by atoms with van der Waals surface area (Å²) >= 11 is 0. The predicted molar refractivity (Wildman–Crippen MR) is 88.5 cm³/mol. The Balaban J connectivity index is 2.14. The molecule has 1 aliphatic rings. The molecule has 0 amide bonds. The van der Waals surface area contributed by atoms with Gasteiger partial charge in [0.2, 0.25) is 0 Å². The van der Waals surface area contributed by atoms with Gasteiger partial charge in [-0.2, -0.15) is 0 Å². The van der Waals surface area contributed by atoms with Gasteiger partial charge in [0, 0.05) is 24.7 Å². The van der Waals surface area contributed by atoms with Gasteiger partial charge in [-0.15, -0.1) is 0 Å². The topological polar surface area (TPSA) is 38.5 Å². The number of hydrogen-bond acceptors (Lipinski definition) is 3. The van der Waals surface area contributed by atoms with Crippen LogP contribution in [0.2, 0.25) is 0 Å². The highest BCUT2D eigenvalue weighted by molar-refractivity contribution is 5.38. The molecule has 1 unspecified atom stereocenters. The van der Waals surface area contributed by atoms with Crippen LogP contribution in [0, 0.1) is 5.41 Å². The zero-order chi connectivity index (χ0) is 15.5. The molecule has 0 bridgehead atoms. The quantitative estimate of drug-likeness (QED) is 0.867. The van der Waals surface area contributed by atoms with E-state index in [1.807, 2.05) is 6.92 Å². The number of ether oxygens (including phenoxy) is 1.